The second-order valence-electron chi connectivity index (χ2n) is 25.8. The van der Waals surface area contributed by atoms with E-state index >= 15 is 0 Å². The van der Waals surface area contributed by atoms with Gasteiger partial charge >= 0.3 is 0 Å². The van der Waals surface area contributed by atoms with E-state index in [1.165, 1.54) is 66.8 Å². The number of rotatable bonds is 12. The van der Waals surface area contributed by atoms with Gasteiger partial charge in [-0.05, 0) is 145 Å². The number of benzene rings is 8. The number of hydrogen-bond donors (Lipinski definition) is 0. The Balaban J connectivity index is 1.11. The normalized spacial score (nSPS) is 13.3. The van der Waals surface area contributed by atoms with Crippen molar-refractivity contribution in [3.63, 3.8) is 0 Å². The van der Waals surface area contributed by atoms with E-state index in [9.17, 15) is 0 Å². The third kappa shape index (κ3) is 9.92. The Morgan fingerprint density at radius 3 is 1.59 bits per heavy atom. The fraction of sp³-hybridized carbons (Fsp3) is 0.284. The summed E-state index contributed by atoms with van der Waals surface area (Å²) in [6, 6.07) is 69.8. The highest BCUT2D eigenvalue weighted by Crippen LogP contribution is 2.51. The summed E-state index contributed by atoms with van der Waals surface area (Å²) in [4.78, 5) is 10.1. The zero-order valence-corrected chi connectivity index (χ0v) is 49.0. The summed E-state index contributed by atoms with van der Waals surface area (Å²) < 4.78 is 9.54. The molecule has 0 N–H and O–H groups in total. The Hall–Kier alpha value is -7.89. The molecule has 11 rings (SSSR count). The van der Waals surface area contributed by atoms with Crippen molar-refractivity contribution in [2.24, 2.45) is 0 Å². The van der Waals surface area contributed by atoms with Crippen LogP contribution >= 0.6 is 0 Å². The number of hydrogen-bond acceptors (Lipinski definition) is 4. The molecule has 10 aromatic rings. The molecule has 400 valence electrons. The van der Waals surface area contributed by atoms with Crippen molar-refractivity contribution in [1.82, 2.24) is 9.55 Å². The number of pyridine rings is 1. The average molecular weight is 1040 g/mol. The maximum absolute atomic E-state index is 7.25. The van der Waals surface area contributed by atoms with Crippen LogP contribution in [0.4, 0.5) is 22.7 Å². The van der Waals surface area contributed by atoms with E-state index in [4.69, 9.17) is 9.72 Å². The first-order chi connectivity index (χ1) is 37.6. The number of anilines is 4. The monoisotopic (exact) mass is 1040 g/mol. The predicted molar refractivity (Wildman–Crippen MR) is 335 cm³/mol. The quantitative estimate of drug-likeness (QED) is 0.122. The minimum atomic E-state index is -0.367. The van der Waals surface area contributed by atoms with Crippen LogP contribution in [0.3, 0.4) is 0 Å². The Bertz CT molecular complexity index is 3860. The lowest BCUT2D eigenvalue weighted by Gasteiger charge is -2.32. The molecule has 0 fully saturated rings. The van der Waals surface area contributed by atoms with Crippen molar-refractivity contribution in [3.8, 4) is 28.4 Å². The third-order valence-electron chi connectivity index (χ3n) is 17.0. The van der Waals surface area contributed by atoms with Crippen molar-refractivity contribution < 1.29 is 4.74 Å². The molecule has 0 unspecified atom stereocenters. The highest BCUT2D eigenvalue weighted by Gasteiger charge is 2.35. The van der Waals surface area contributed by atoms with Crippen LogP contribution in [0.5, 0.6) is 11.5 Å². The van der Waals surface area contributed by atoms with Crippen LogP contribution in [0.2, 0.25) is 0 Å². The molecule has 79 heavy (non-hydrogen) atoms. The molecule has 0 saturated carbocycles. The minimum Gasteiger partial charge on any atom is -0.457 e. The molecule has 0 bridgehead atoms. The summed E-state index contributed by atoms with van der Waals surface area (Å²) in [7, 11) is 0. The topological polar surface area (TPSA) is 33.5 Å². The van der Waals surface area contributed by atoms with E-state index in [-0.39, 0.29) is 21.7 Å². The van der Waals surface area contributed by atoms with E-state index in [1.54, 1.807) is 0 Å². The molecule has 5 heteroatoms. The SMILES string of the molecule is CC(C)c1cccc(C(C)C)c1-c1ccc2c(c1)N(c1cc(C(C)(C)C)cc(C(C)(C)c3ccccc3)c1)CN2c1cc(Oc2ccc3c4ccccc4n(-c4cc(C(C)(C)C)ccn4)c3c2)cc(C(C)(C)c2ccccc2)c1. The molecule has 0 amide bonds. The Labute approximate surface area is 470 Å². The predicted octanol–water partition coefficient (Wildman–Crippen LogP) is 20.4. The summed E-state index contributed by atoms with van der Waals surface area (Å²) in [5.74, 6) is 3.14. The smallest absolute Gasteiger partial charge is 0.137 e. The molecule has 0 saturated heterocycles. The van der Waals surface area contributed by atoms with Crippen LogP contribution in [-0.2, 0) is 21.7 Å². The molecular weight excluding hydrogens is 961 g/mol. The van der Waals surface area contributed by atoms with E-state index < -0.39 is 0 Å². The van der Waals surface area contributed by atoms with Crippen molar-refractivity contribution in [3.05, 3.63) is 239 Å². The van der Waals surface area contributed by atoms with Crippen LogP contribution in [0.1, 0.15) is 153 Å². The maximum Gasteiger partial charge on any atom is 0.137 e. The van der Waals surface area contributed by atoms with Crippen LogP contribution < -0.4 is 14.5 Å². The fourth-order valence-corrected chi connectivity index (χ4v) is 11.9. The van der Waals surface area contributed by atoms with E-state index in [0.29, 0.717) is 18.5 Å². The summed E-state index contributed by atoms with van der Waals surface area (Å²) >= 11 is 0. The van der Waals surface area contributed by atoms with Gasteiger partial charge in [-0.2, -0.15) is 0 Å². The first-order valence-electron chi connectivity index (χ1n) is 28.5. The van der Waals surface area contributed by atoms with Gasteiger partial charge in [0.25, 0.3) is 0 Å². The molecule has 0 atom stereocenters. The summed E-state index contributed by atoms with van der Waals surface area (Å²) in [6.45, 7) is 33.1. The van der Waals surface area contributed by atoms with Crippen molar-refractivity contribution >= 4 is 44.6 Å². The van der Waals surface area contributed by atoms with Gasteiger partial charge in [-0.15, -0.1) is 0 Å². The molecule has 0 radical (unpaired) electrons. The maximum atomic E-state index is 7.25. The summed E-state index contributed by atoms with van der Waals surface area (Å²) in [5.41, 5.74) is 18.8. The highest BCUT2D eigenvalue weighted by molar-refractivity contribution is 6.09. The second-order valence-corrected chi connectivity index (χ2v) is 25.8. The third-order valence-corrected chi connectivity index (χ3v) is 17.0. The van der Waals surface area contributed by atoms with Gasteiger partial charge < -0.3 is 14.5 Å². The van der Waals surface area contributed by atoms with Gasteiger partial charge in [-0.25, -0.2) is 4.98 Å². The standard InChI is InChI=1S/C74H78N4O/c1-48(2)61-29-23-30-62(49(3)4)70(61)50-32-35-66-68(38-50)77(57-40-54(72(8,9)10)39-55(41-57)73(11,12)51-24-17-15-18-25-51)47-76(66)58-42-56(74(13,14)52-26-19-16-20-27-52)43-60(45-58)79-59-33-34-64-63-28-21-22-31-65(63)78(67(64)46-59)69-44-53(36-37-75-69)71(5,6)7/h15-46,48-49H,47H2,1-14H3. The van der Waals surface area contributed by atoms with Crippen molar-refractivity contribution in [1.29, 1.82) is 0 Å². The van der Waals surface area contributed by atoms with E-state index in [0.717, 1.165) is 50.7 Å². The van der Waals surface area contributed by atoms with Gasteiger partial charge in [0, 0.05) is 51.3 Å². The Morgan fingerprint density at radius 1 is 0.418 bits per heavy atom. The van der Waals surface area contributed by atoms with E-state index in [1.807, 2.05) is 6.20 Å². The van der Waals surface area contributed by atoms with Gasteiger partial charge in [-0.3, -0.25) is 4.57 Å². The van der Waals surface area contributed by atoms with E-state index in [2.05, 4.69) is 299 Å². The van der Waals surface area contributed by atoms with Crippen LogP contribution in [-0.4, -0.2) is 16.2 Å². The Morgan fingerprint density at radius 2 is 0.975 bits per heavy atom. The van der Waals surface area contributed by atoms with Gasteiger partial charge in [0.15, 0.2) is 0 Å². The molecule has 8 aromatic carbocycles. The van der Waals surface area contributed by atoms with Crippen molar-refractivity contribution in [2.45, 2.75) is 130 Å². The molecule has 2 aromatic heterocycles. The summed E-state index contributed by atoms with van der Waals surface area (Å²) in [6.07, 6.45) is 1.94. The largest absolute Gasteiger partial charge is 0.457 e. The molecule has 0 spiro atoms. The van der Waals surface area contributed by atoms with Crippen LogP contribution in [0, 0.1) is 0 Å². The average Bonchev–Trinajstić information content (AvgIpc) is 4.00. The lowest BCUT2D eigenvalue weighted by molar-refractivity contribution is 0.480. The summed E-state index contributed by atoms with van der Waals surface area (Å²) in [5, 5.41) is 2.33. The first kappa shape index (κ1) is 53.1. The number of para-hydroxylation sites is 1. The van der Waals surface area contributed by atoms with Gasteiger partial charge in [0.2, 0.25) is 0 Å². The second kappa shape index (κ2) is 20.1. The lowest BCUT2D eigenvalue weighted by atomic mass is 9.75. The number of ether oxygens (including phenoxy) is 1. The minimum absolute atomic E-state index is 0.0364. The molecule has 3 heterocycles. The molecule has 1 aliphatic heterocycles. The van der Waals surface area contributed by atoms with Crippen molar-refractivity contribution in [2.75, 3.05) is 16.5 Å². The number of aromatic nitrogens is 2. The van der Waals surface area contributed by atoms with Gasteiger partial charge in [0.05, 0.1) is 22.4 Å². The lowest BCUT2D eigenvalue weighted by Crippen LogP contribution is -2.27. The number of nitrogens with zero attached hydrogens (tertiary/aromatic N) is 4. The molecule has 5 nitrogen and oxygen atoms in total. The van der Waals surface area contributed by atoms with Crippen LogP contribution in [0.15, 0.2) is 194 Å². The molecular formula is C74H78N4O. The fourth-order valence-electron chi connectivity index (χ4n) is 11.9. The highest BCUT2D eigenvalue weighted by atomic mass is 16.5. The van der Waals surface area contributed by atoms with Gasteiger partial charge in [0.1, 0.15) is 24.0 Å². The molecule has 1 aliphatic rings. The first-order valence-corrected chi connectivity index (χ1v) is 28.5. The van der Waals surface area contributed by atoms with Gasteiger partial charge in [-0.1, -0.05) is 206 Å². The Kier molecular flexibility index (Phi) is 13.5. The van der Waals surface area contributed by atoms with Crippen LogP contribution in [0.25, 0.3) is 38.8 Å². The zero-order chi connectivity index (χ0) is 55.8. The number of fused-ring (bicyclic) bond motifs is 4. The molecule has 0 aliphatic carbocycles. The zero-order valence-electron chi connectivity index (χ0n) is 49.0.